The number of nitrogens with two attached hydrogens (primary N) is 1. The van der Waals surface area contributed by atoms with Crippen molar-refractivity contribution < 1.29 is 4.74 Å². The molecule has 2 aromatic carbocycles. The number of ether oxygens (including phenoxy) is 1. The van der Waals surface area contributed by atoms with Crippen molar-refractivity contribution in [1.29, 1.82) is 0 Å². The van der Waals surface area contributed by atoms with Gasteiger partial charge >= 0.3 is 0 Å². The van der Waals surface area contributed by atoms with Crippen LogP contribution in [0.5, 0.6) is 11.5 Å². The molecule has 0 aliphatic carbocycles. The van der Waals surface area contributed by atoms with Crippen molar-refractivity contribution in [3.8, 4) is 11.5 Å². The minimum absolute atomic E-state index is 0.210. The van der Waals surface area contributed by atoms with E-state index < -0.39 is 0 Å². The summed E-state index contributed by atoms with van der Waals surface area (Å²) in [6, 6.07) is 12.7. The molecule has 2 rings (SSSR count). The van der Waals surface area contributed by atoms with Crippen LogP contribution in [0.15, 0.2) is 36.4 Å². The smallest absolute Gasteiger partial charge is 0.130 e. The second-order valence-electron chi connectivity index (χ2n) is 5.77. The standard InChI is InChI=1S/C19H25NO/c1-5-17(20)11-16-10-9-14(3)19(12-16)21-18-8-6-7-13(2)15(18)4/h6-10,12,17H,5,11,20H2,1-4H3. The van der Waals surface area contributed by atoms with Crippen LogP contribution in [0.1, 0.15) is 35.6 Å². The Kier molecular flexibility index (Phi) is 5.03. The fraction of sp³-hybridized carbons (Fsp3) is 0.368. The second kappa shape index (κ2) is 6.77. The van der Waals surface area contributed by atoms with E-state index in [4.69, 9.17) is 10.5 Å². The Labute approximate surface area is 127 Å². The van der Waals surface area contributed by atoms with Crippen molar-refractivity contribution >= 4 is 0 Å². The SMILES string of the molecule is CCC(N)Cc1ccc(C)c(Oc2cccc(C)c2C)c1. The first-order valence-corrected chi connectivity index (χ1v) is 7.60. The third kappa shape index (κ3) is 3.85. The summed E-state index contributed by atoms with van der Waals surface area (Å²) in [5.41, 5.74) is 10.9. The Morgan fingerprint density at radius 3 is 2.48 bits per heavy atom. The van der Waals surface area contributed by atoms with Crippen LogP contribution in [0.25, 0.3) is 0 Å². The molecule has 2 N–H and O–H groups in total. The molecule has 0 aromatic heterocycles. The summed E-state index contributed by atoms with van der Waals surface area (Å²) < 4.78 is 6.14. The molecule has 21 heavy (non-hydrogen) atoms. The number of benzene rings is 2. The highest BCUT2D eigenvalue weighted by Gasteiger charge is 2.08. The molecule has 0 radical (unpaired) electrons. The summed E-state index contributed by atoms with van der Waals surface area (Å²) in [5.74, 6) is 1.85. The first kappa shape index (κ1) is 15.6. The van der Waals surface area contributed by atoms with E-state index in [1.165, 1.54) is 16.7 Å². The van der Waals surface area contributed by atoms with E-state index in [2.05, 4.69) is 52.0 Å². The van der Waals surface area contributed by atoms with Crippen molar-refractivity contribution in [3.63, 3.8) is 0 Å². The molecule has 0 aliphatic heterocycles. The van der Waals surface area contributed by atoms with Gasteiger partial charge in [-0.25, -0.2) is 0 Å². The van der Waals surface area contributed by atoms with Crippen LogP contribution in [-0.2, 0) is 6.42 Å². The molecule has 0 fully saturated rings. The van der Waals surface area contributed by atoms with Crippen molar-refractivity contribution in [3.05, 3.63) is 58.7 Å². The van der Waals surface area contributed by atoms with Gasteiger partial charge < -0.3 is 10.5 Å². The highest BCUT2D eigenvalue weighted by atomic mass is 16.5. The number of aryl methyl sites for hydroxylation is 2. The van der Waals surface area contributed by atoms with E-state index in [9.17, 15) is 0 Å². The van der Waals surface area contributed by atoms with Gasteiger partial charge in [0.05, 0.1) is 0 Å². The third-order valence-electron chi connectivity index (χ3n) is 4.05. The molecule has 0 spiro atoms. The molecule has 0 aliphatic rings. The van der Waals surface area contributed by atoms with Crippen molar-refractivity contribution in [1.82, 2.24) is 0 Å². The van der Waals surface area contributed by atoms with E-state index in [1.807, 2.05) is 12.1 Å². The van der Waals surface area contributed by atoms with Crippen molar-refractivity contribution in [2.24, 2.45) is 5.73 Å². The maximum atomic E-state index is 6.14. The van der Waals surface area contributed by atoms with Gasteiger partial charge in [-0.15, -0.1) is 0 Å². The van der Waals surface area contributed by atoms with Crippen LogP contribution >= 0.6 is 0 Å². The van der Waals surface area contributed by atoms with Crippen molar-refractivity contribution in [2.45, 2.75) is 46.6 Å². The summed E-state index contributed by atoms with van der Waals surface area (Å²) in [5, 5.41) is 0. The average molecular weight is 283 g/mol. The van der Waals surface area contributed by atoms with Gasteiger partial charge in [0.25, 0.3) is 0 Å². The molecule has 2 heteroatoms. The molecule has 0 saturated heterocycles. The Balaban J connectivity index is 2.26. The van der Waals surface area contributed by atoms with Gasteiger partial charge in [-0.3, -0.25) is 0 Å². The number of hydrogen-bond donors (Lipinski definition) is 1. The summed E-state index contributed by atoms with van der Waals surface area (Å²) >= 11 is 0. The quantitative estimate of drug-likeness (QED) is 0.864. The molecule has 0 heterocycles. The second-order valence-corrected chi connectivity index (χ2v) is 5.77. The molecule has 0 saturated carbocycles. The molecule has 0 amide bonds. The maximum absolute atomic E-state index is 6.14. The summed E-state index contributed by atoms with van der Waals surface area (Å²) in [6.45, 7) is 8.39. The lowest BCUT2D eigenvalue weighted by Crippen LogP contribution is -2.21. The minimum atomic E-state index is 0.210. The van der Waals surface area contributed by atoms with Gasteiger partial charge in [0.15, 0.2) is 0 Å². The molecule has 2 aromatic rings. The van der Waals surface area contributed by atoms with E-state index in [-0.39, 0.29) is 6.04 Å². The van der Waals surface area contributed by atoms with Gasteiger partial charge in [-0.05, 0) is 68.0 Å². The summed E-state index contributed by atoms with van der Waals surface area (Å²) in [7, 11) is 0. The monoisotopic (exact) mass is 283 g/mol. The first-order valence-electron chi connectivity index (χ1n) is 7.60. The number of hydrogen-bond acceptors (Lipinski definition) is 2. The Morgan fingerprint density at radius 2 is 1.76 bits per heavy atom. The van der Waals surface area contributed by atoms with Crippen LogP contribution in [-0.4, -0.2) is 6.04 Å². The van der Waals surface area contributed by atoms with Crippen LogP contribution < -0.4 is 10.5 Å². The van der Waals surface area contributed by atoms with Crippen LogP contribution in [0.2, 0.25) is 0 Å². The molecule has 1 atom stereocenters. The maximum Gasteiger partial charge on any atom is 0.130 e. The van der Waals surface area contributed by atoms with E-state index >= 15 is 0 Å². The fourth-order valence-electron chi connectivity index (χ4n) is 2.28. The average Bonchev–Trinajstić information content (AvgIpc) is 2.47. The topological polar surface area (TPSA) is 35.2 Å². The zero-order valence-electron chi connectivity index (χ0n) is 13.4. The van der Waals surface area contributed by atoms with Crippen LogP contribution in [0, 0.1) is 20.8 Å². The lowest BCUT2D eigenvalue weighted by atomic mass is 10.0. The molecule has 1 unspecified atom stereocenters. The zero-order chi connectivity index (χ0) is 15.4. The van der Waals surface area contributed by atoms with Crippen molar-refractivity contribution in [2.75, 3.05) is 0 Å². The molecule has 112 valence electrons. The highest BCUT2D eigenvalue weighted by molar-refractivity contribution is 5.44. The summed E-state index contributed by atoms with van der Waals surface area (Å²) in [4.78, 5) is 0. The third-order valence-corrected chi connectivity index (χ3v) is 4.05. The highest BCUT2D eigenvalue weighted by Crippen LogP contribution is 2.30. The van der Waals surface area contributed by atoms with Gasteiger partial charge in [0.1, 0.15) is 11.5 Å². The predicted octanol–water partition coefficient (Wildman–Crippen LogP) is 4.68. The van der Waals surface area contributed by atoms with Gasteiger partial charge in [0, 0.05) is 6.04 Å². The Bertz CT molecular complexity index is 619. The predicted molar refractivity (Wildman–Crippen MR) is 89.1 cm³/mol. The van der Waals surface area contributed by atoms with Crippen LogP contribution in [0.4, 0.5) is 0 Å². The molecular formula is C19H25NO. The first-order chi connectivity index (χ1) is 10.0. The molecule has 0 bridgehead atoms. The molecule has 2 nitrogen and oxygen atoms in total. The van der Waals surface area contributed by atoms with E-state index in [0.29, 0.717) is 0 Å². The van der Waals surface area contributed by atoms with Crippen LogP contribution in [0.3, 0.4) is 0 Å². The van der Waals surface area contributed by atoms with Gasteiger partial charge in [-0.1, -0.05) is 31.2 Å². The normalized spacial score (nSPS) is 12.2. The lowest BCUT2D eigenvalue weighted by molar-refractivity contribution is 0.473. The zero-order valence-corrected chi connectivity index (χ0v) is 13.4. The largest absolute Gasteiger partial charge is 0.457 e. The lowest BCUT2D eigenvalue weighted by Gasteiger charge is -2.15. The van der Waals surface area contributed by atoms with E-state index in [1.54, 1.807) is 0 Å². The fourth-order valence-corrected chi connectivity index (χ4v) is 2.28. The van der Waals surface area contributed by atoms with E-state index in [0.717, 1.165) is 29.9 Å². The Morgan fingerprint density at radius 1 is 1.00 bits per heavy atom. The Hall–Kier alpha value is -1.80. The van der Waals surface area contributed by atoms with Gasteiger partial charge in [-0.2, -0.15) is 0 Å². The number of rotatable bonds is 5. The summed E-state index contributed by atoms with van der Waals surface area (Å²) in [6.07, 6.45) is 1.88. The molecular weight excluding hydrogens is 258 g/mol. The van der Waals surface area contributed by atoms with Gasteiger partial charge in [0.2, 0.25) is 0 Å². The minimum Gasteiger partial charge on any atom is -0.457 e.